The van der Waals surface area contributed by atoms with Crippen molar-refractivity contribution in [2.45, 2.75) is 31.8 Å². The van der Waals surface area contributed by atoms with Crippen molar-refractivity contribution < 1.29 is 13.9 Å². The molecule has 0 amide bonds. The van der Waals surface area contributed by atoms with Crippen molar-refractivity contribution in [3.63, 3.8) is 0 Å². The summed E-state index contributed by atoms with van der Waals surface area (Å²) in [5.74, 6) is 1.97. The molecule has 0 unspecified atom stereocenters. The Morgan fingerprint density at radius 2 is 2.44 bits per heavy atom. The molecule has 1 saturated carbocycles. The first-order chi connectivity index (χ1) is 8.79. The van der Waals surface area contributed by atoms with Crippen molar-refractivity contribution in [3.8, 4) is 0 Å². The third kappa shape index (κ3) is 1.94. The van der Waals surface area contributed by atoms with E-state index in [2.05, 4.69) is 4.90 Å². The number of fused-ring (bicyclic) bond motifs is 1. The number of methoxy groups -OCH3 is 1. The second-order valence-electron chi connectivity index (χ2n) is 5.33. The van der Waals surface area contributed by atoms with E-state index in [4.69, 9.17) is 9.15 Å². The van der Waals surface area contributed by atoms with Crippen LogP contribution >= 0.6 is 0 Å². The average Bonchev–Trinajstić information content (AvgIpc) is 3.04. The highest BCUT2D eigenvalue weighted by atomic mass is 16.5. The molecule has 1 aliphatic heterocycles. The summed E-state index contributed by atoms with van der Waals surface area (Å²) in [6.45, 7) is 1.70. The van der Waals surface area contributed by atoms with E-state index in [0.29, 0.717) is 18.4 Å². The third-order valence-electron chi connectivity index (χ3n) is 4.37. The van der Waals surface area contributed by atoms with Crippen LogP contribution in [0.5, 0.6) is 0 Å². The molecule has 0 spiro atoms. The number of nitrogens with zero attached hydrogens (tertiary/aromatic N) is 1. The van der Waals surface area contributed by atoms with Gasteiger partial charge in [0, 0.05) is 6.54 Å². The van der Waals surface area contributed by atoms with Gasteiger partial charge in [-0.3, -0.25) is 9.69 Å². The molecule has 1 aromatic heterocycles. The van der Waals surface area contributed by atoms with Crippen LogP contribution < -0.4 is 0 Å². The smallest absolute Gasteiger partial charge is 0.323 e. The Morgan fingerprint density at radius 3 is 3.17 bits per heavy atom. The Hall–Kier alpha value is -1.29. The molecular formula is C14H19NO3. The van der Waals surface area contributed by atoms with Crippen LogP contribution in [0.3, 0.4) is 0 Å². The quantitative estimate of drug-likeness (QED) is 0.769. The van der Waals surface area contributed by atoms with Gasteiger partial charge in [-0.15, -0.1) is 0 Å². The Labute approximate surface area is 107 Å². The molecule has 3 rings (SSSR count). The standard InChI is InChI=1S/C14H19NO3/c1-17-14(16)13-12-6-2-4-10(12)8-15(13)9-11-5-3-7-18-11/h3,5,7,10,12-13H,2,4,6,8-9H2,1H3/t10-,12-,13-/m0/s1. The molecule has 3 atom stereocenters. The van der Waals surface area contributed by atoms with Crippen molar-refractivity contribution in [1.29, 1.82) is 0 Å². The maximum absolute atomic E-state index is 12.0. The maximum Gasteiger partial charge on any atom is 0.323 e. The van der Waals surface area contributed by atoms with Crippen molar-refractivity contribution in [2.24, 2.45) is 11.8 Å². The van der Waals surface area contributed by atoms with Gasteiger partial charge in [-0.1, -0.05) is 6.42 Å². The number of ether oxygens (including phenoxy) is 1. The maximum atomic E-state index is 12.0. The highest BCUT2D eigenvalue weighted by molar-refractivity contribution is 5.76. The molecule has 4 heteroatoms. The minimum Gasteiger partial charge on any atom is -0.468 e. The van der Waals surface area contributed by atoms with Gasteiger partial charge >= 0.3 is 5.97 Å². The Kier molecular flexibility index (Phi) is 3.12. The predicted molar refractivity (Wildman–Crippen MR) is 65.8 cm³/mol. The number of likely N-dealkylation sites (tertiary alicyclic amines) is 1. The monoisotopic (exact) mass is 249 g/mol. The van der Waals surface area contributed by atoms with E-state index < -0.39 is 0 Å². The number of carbonyl (C=O) groups excluding carboxylic acids is 1. The second kappa shape index (κ2) is 4.76. The van der Waals surface area contributed by atoms with Crippen LogP contribution in [0.15, 0.2) is 22.8 Å². The molecule has 0 aromatic carbocycles. The van der Waals surface area contributed by atoms with Crippen molar-refractivity contribution in [1.82, 2.24) is 4.90 Å². The Morgan fingerprint density at radius 1 is 1.56 bits per heavy atom. The summed E-state index contributed by atoms with van der Waals surface area (Å²) in [6.07, 6.45) is 5.32. The van der Waals surface area contributed by atoms with E-state index >= 15 is 0 Å². The van der Waals surface area contributed by atoms with Crippen molar-refractivity contribution in [3.05, 3.63) is 24.2 Å². The van der Waals surface area contributed by atoms with Gasteiger partial charge in [0.25, 0.3) is 0 Å². The molecule has 98 valence electrons. The fourth-order valence-corrected chi connectivity index (χ4v) is 3.60. The second-order valence-corrected chi connectivity index (χ2v) is 5.33. The summed E-state index contributed by atoms with van der Waals surface area (Å²) >= 11 is 0. The van der Waals surface area contributed by atoms with E-state index in [1.807, 2.05) is 12.1 Å². The molecule has 0 bridgehead atoms. The Bertz CT molecular complexity index is 415. The molecule has 0 radical (unpaired) electrons. The summed E-state index contributed by atoms with van der Waals surface area (Å²) in [7, 11) is 1.48. The number of furan rings is 1. The minimum atomic E-state index is -0.0871. The lowest BCUT2D eigenvalue weighted by atomic mass is 9.94. The number of carbonyl (C=O) groups is 1. The fourth-order valence-electron chi connectivity index (χ4n) is 3.60. The molecular weight excluding hydrogens is 230 g/mol. The molecule has 4 nitrogen and oxygen atoms in total. The van der Waals surface area contributed by atoms with E-state index in [9.17, 15) is 4.79 Å². The Balaban J connectivity index is 1.77. The van der Waals surface area contributed by atoms with Crippen LogP contribution in [0.1, 0.15) is 25.0 Å². The highest BCUT2D eigenvalue weighted by Crippen LogP contribution is 2.43. The molecule has 2 fully saturated rings. The summed E-state index contributed by atoms with van der Waals surface area (Å²) in [5.41, 5.74) is 0. The van der Waals surface area contributed by atoms with Gasteiger partial charge in [-0.2, -0.15) is 0 Å². The first-order valence-electron chi connectivity index (χ1n) is 6.64. The SMILES string of the molecule is COC(=O)[C@@H]1[C@H]2CCC[C@H]2CN1Cc1ccco1. The average molecular weight is 249 g/mol. The summed E-state index contributed by atoms with van der Waals surface area (Å²) in [4.78, 5) is 14.2. The van der Waals surface area contributed by atoms with Crippen LogP contribution in [-0.4, -0.2) is 30.6 Å². The normalized spacial score (nSPS) is 31.5. The number of hydrogen-bond donors (Lipinski definition) is 0. The van der Waals surface area contributed by atoms with Gasteiger partial charge in [0.2, 0.25) is 0 Å². The van der Waals surface area contributed by atoms with Crippen LogP contribution in [0.4, 0.5) is 0 Å². The van der Waals surface area contributed by atoms with Crippen molar-refractivity contribution in [2.75, 3.05) is 13.7 Å². The molecule has 1 aliphatic carbocycles. The molecule has 1 aromatic rings. The van der Waals surface area contributed by atoms with Gasteiger partial charge in [0.05, 0.1) is 19.9 Å². The van der Waals surface area contributed by atoms with Crippen LogP contribution in [0.2, 0.25) is 0 Å². The first-order valence-corrected chi connectivity index (χ1v) is 6.64. The van der Waals surface area contributed by atoms with Crippen LogP contribution in [-0.2, 0) is 16.1 Å². The molecule has 1 saturated heterocycles. The molecule has 2 aliphatic rings. The summed E-state index contributed by atoms with van der Waals surface area (Å²) in [6, 6.07) is 3.77. The molecule has 18 heavy (non-hydrogen) atoms. The van der Waals surface area contributed by atoms with Gasteiger partial charge in [0.1, 0.15) is 11.8 Å². The van der Waals surface area contributed by atoms with Gasteiger partial charge in [-0.25, -0.2) is 0 Å². The zero-order valence-electron chi connectivity index (χ0n) is 10.7. The summed E-state index contributed by atoms with van der Waals surface area (Å²) < 4.78 is 10.4. The number of rotatable bonds is 3. The van der Waals surface area contributed by atoms with E-state index in [1.54, 1.807) is 6.26 Å². The molecule has 2 heterocycles. The lowest BCUT2D eigenvalue weighted by Gasteiger charge is -2.24. The summed E-state index contributed by atoms with van der Waals surface area (Å²) in [5, 5.41) is 0. The van der Waals surface area contributed by atoms with Gasteiger partial charge in [0.15, 0.2) is 0 Å². The number of hydrogen-bond acceptors (Lipinski definition) is 4. The third-order valence-corrected chi connectivity index (χ3v) is 4.37. The largest absolute Gasteiger partial charge is 0.468 e. The first kappa shape index (κ1) is 11.8. The zero-order chi connectivity index (χ0) is 12.5. The molecule has 0 N–H and O–H groups in total. The fraction of sp³-hybridized carbons (Fsp3) is 0.643. The van der Waals surface area contributed by atoms with E-state index in [-0.39, 0.29) is 12.0 Å². The topological polar surface area (TPSA) is 42.7 Å². The van der Waals surface area contributed by atoms with Gasteiger partial charge < -0.3 is 9.15 Å². The van der Waals surface area contributed by atoms with E-state index in [0.717, 1.165) is 18.7 Å². The zero-order valence-corrected chi connectivity index (χ0v) is 10.7. The van der Waals surface area contributed by atoms with Crippen molar-refractivity contribution >= 4 is 5.97 Å². The minimum absolute atomic E-state index is 0.0763. The van der Waals surface area contributed by atoms with E-state index in [1.165, 1.54) is 20.0 Å². The van der Waals surface area contributed by atoms with Crippen LogP contribution in [0, 0.1) is 11.8 Å². The van der Waals surface area contributed by atoms with Crippen LogP contribution in [0.25, 0.3) is 0 Å². The van der Waals surface area contributed by atoms with Gasteiger partial charge in [-0.05, 0) is 36.8 Å². The number of esters is 1. The predicted octanol–water partition coefficient (Wildman–Crippen LogP) is 2.05. The lowest BCUT2D eigenvalue weighted by molar-refractivity contribution is -0.147. The highest BCUT2D eigenvalue weighted by Gasteiger charge is 2.48. The lowest BCUT2D eigenvalue weighted by Crippen LogP contribution is -2.39.